The molecule has 1 aliphatic rings. The average molecular weight is 612 g/mol. The highest BCUT2D eigenvalue weighted by Crippen LogP contribution is 2.35. The fourth-order valence-electron chi connectivity index (χ4n) is 3.25. The second-order valence-electron chi connectivity index (χ2n) is 7.10. The van der Waals surface area contributed by atoms with Gasteiger partial charge < -0.3 is 14.4 Å². The van der Waals surface area contributed by atoms with Gasteiger partial charge in [0.15, 0.2) is 5.75 Å². The Bertz CT molecular complexity index is 1030. The van der Waals surface area contributed by atoms with Crippen LogP contribution in [0.4, 0.5) is 11.4 Å². The van der Waals surface area contributed by atoms with Crippen molar-refractivity contribution in [1.29, 1.82) is 0 Å². The lowest BCUT2D eigenvalue weighted by atomic mass is 10.2. The van der Waals surface area contributed by atoms with Crippen LogP contribution >= 0.6 is 50.1 Å². The zero-order valence-corrected chi connectivity index (χ0v) is 21.2. The highest BCUT2D eigenvalue weighted by atomic mass is 127. The third-order valence-electron chi connectivity index (χ3n) is 4.91. The van der Waals surface area contributed by atoms with Gasteiger partial charge in [-0.2, -0.15) is 0 Å². The number of hydrogen-bond donors (Lipinski definition) is 0. The molecule has 7 heteroatoms. The normalized spacial score (nSPS) is 14.2. The molecule has 1 aliphatic heterocycles. The van der Waals surface area contributed by atoms with Crippen LogP contribution in [-0.2, 0) is 11.3 Å². The monoisotopic (exact) mass is 610 g/mol. The minimum absolute atomic E-state index is 0.457. The van der Waals surface area contributed by atoms with Crippen LogP contribution in [0.2, 0.25) is 5.02 Å². The predicted molar refractivity (Wildman–Crippen MR) is 139 cm³/mol. The maximum atomic E-state index is 6.48. The quantitative estimate of drug-likeness (QED) is 0.225. The van der Waals surface area contributed by atoms with Gasteiger partial charge in [0.05, 0.1) is 28.4 Å². The molecule has 0 aromatic heterocycles. The largest absolute Gasteiger partial charge is 0.486 e. The third-order valence-corrected chi connectivity index (χ3v) is 6.49. The first-order chi connectivity index (χ1) is 15.1. The highest BCUT2D eigenvalue weighted by molar-refractivity contribution is 14.1. The van der Waals surface area contributed by atoms with Gasteiger partial charge in [0.2, 0.25) is 0 Å². The molecule has 4 nitrogen and oxygen atoms in total. The SMILES string of the molecule is Clc1cc(C=Nc2ccc(N3CCOCC3)cc2)cc(Br)c1OCc1ccc(I)cc1. The van der Waals surface area contributed by atoms with Crippen molar-refractivity contribution in [2.24, 2.45) is 4.99 Å². The summed E-state index contributed by atoms with van der Waals surface area (Å²) < 4.78 is 13.4. The Morgan fingerprint density at radius 2 is 1.77 bits per heavy atom. The van der Waals surface area contributed by atoms with Crippen LogP contribution in [0.25, 0.3) is 0 Å². The minimum Gasteiger partial charge on any atom is -0.486 e. The van der Waals surface area contributed by atoms with E-state index in [0.29, 0.717) is 17.4 Å². The van der Waals surface area contributed by atoms with E-state index in [0.717, 1.165) is 47.6 Å². The number of halogens is 3. The summed E-state index contributed by atoms with van der Waals surface area (Å²) in [6.45, 7) is 3.86. The van der Waals surface area contributed by atoms with E-state index >= 15 is 0 Å². The molecule has 31 heavy (non-hydrogen) atoms. The molecule has 0 saturated carbocycles. The van der Waals surface area contributed by atoms with Gasteiger partial charge in [-0.25, -0.2) is 0 Å². The first kappa shape index (κ1) is 22.6. The summed E-state index contributed by atoms with van der Waals surface area (Å²) in [5, 5.41) is 0.545. The van der Waals surface area contributed by atoms with Crippen molar-refractivity contribution in [3.63, 3.8) is 0 Å². The predicted octanol–water partition coefficient (Wildman–Crippen LogP) is 6.87. The summed E-state index contributed by atoms with van der Waals surface area (Å²) >= 11 is 12.3. The molecule has 3 aromatic rings. The van der Waals surface area contributed by atoms with Crippen molar-refractivity contribution >= 4 is 67.7 Å². The molecule has 3 aromatic carbocycles. The minimum atomic E-state index is 0.457. The summed E-state index contributed by atoms with van der Waals surface area (Å²) in [6.07, 6.45) is 1.81. The Morgan fingerprint density at radius 3 is 2.45 bits per heavy atom. The molecule has 0 aliphatic carbocycles. The summed E-state index contributed by atoms with van der Waals surface area (Å²) in [5.74, 6) is 0.632. The van der Waals surface area contributed by atoms with E-state index in [1.165, 1.54) is 9.26 Å². The molecule has 1 heterocycles. The zero-order valence-electron chi connectivity index (χ0n) is 16.7. The van der Waals surface area contributed by atoms with E-state index in [-0.39, 0.29) is 0 Å². The summed E-state index contributed by atoms with van der Waals surface area (Å²) in [4.78, 5) is 6.91. The van der Waals surface area contributed by atoms with Crippen molar-refractivity contribution in [1.82, 2.24) is 0 Å². The first-order valence-corrected chi connectivity index (χ1v) is 12.2. The lowest BCUT2D eigenvalue weighted by Gasteiger charge is -2.28. The second kappa shape index (κ2) is 10.8. The van der Waals surface area contributed by atoms with Gasteiger partial charge in [-0.15, -0.1) is 0 Å². The number of hydrogen-bond acceptors (Lipinski definition) is 4. The van der Waals surface area contributed by atoms with Crippen LogP contribution in [0, 0.1) is 3.57 Å². The Balaban J connectivity index is 1.41. The molecule has 160 valence electrons. The molecular weight excluding hydrogens is 591 g/mol. The fourth-order valence-corrected chi connectivity index (χ4v) is 4.60. The van der Waals surface area contributed by atoms with Gasteiger partial charge >= 0.3 is 0 Å². The topological polar surface area (TPSA) is 34.1 Å². The maximum Gasteiger partial charge on any atom is 0.152 e. The fraction of sp³-hybridized carbons (Fsp3) is 0.208. The summed E-state index contributed by atoms with van der Waals surface area (Å²) in [7, 11) is 0. The van der Waals surface area contributed by atoms with Gasteiger partial charge in [0.25, 0.3) is 0 Å². The molecule has 0 radical (unpaired) electrons. The maximum absolute atomic E-state index is 6.48. The van der Waals surface area contributed by atoms with Crippen molar-refractivity contribution in [3.8, 4) is 5.75 Å². The van der Waals surface area contributed by atoms with Crippen LogP contribution in [-0.4, -0.2) is 32.5 Å². The van der Waals surface area contributed by atoms with Crippen LogP contribution < -0.4 is 9.64 Å². The number of benzene rings is 3. The number of morpholine rings is 1. The molecular formula is C24H21BrClIN2O2. The Morgan fingerprint density at radius 1 is 1.06 bits per heavy atom. The first-order valence-electron chi connectivity index (χ1n) is 9.91. The Kier molecular flexibility index (Phi) is 7.87. The highest BCUT2D eigenvalue weighted by Gasteiger charge is 2.11. The van der Waals surface area contributed by atoms with Crippen molar-refractivity contribution in [3.05, 3.63) is 84.9 Å². The lowest BCUT2D eigenvalue weighted by molar-refractivity contribution is 0.122. The van der Waals surface area contributed by atoms with E-state index < -0.39 is 0 Å². The molecule has 1 fully saturated rings. The van der Waals surface area contributed by atoms with Crippen LogP contribution in [0.1, 0.15) is 11.1 Å². The van der Waals surface area contributed by atoms with Gasteiger partial charge in [-0.1, -0.05) is 23.7 Å². The van der Waals surface area contributed by atoms with Crippen LogP contribution in [0.15, 0.2) is 70.1 Å². The molecule has 0 spiro atoms. The van der Waals surface area contributed by atoms with Crippen molar-refractivity contribution in [2.45, 2.75) is 6.61 Å². The number of nitrogens with zero attached hydrogens (tertiary/aromatic N) is 2. The molecule has 1 saturated heterocycles. The van der Waals surface area contributed by atoms with Crippen molar-refractivity contribution < 1.29 is 9.47 Å². The Labute approximate surface area is 209 Å². The average Bonchev–Trinajstić information content (AvgIpc) is 2.79. The Hall–Kier alpha value is -1.61. The van der Waals surface area contributed by atoms with Crippen LogP contribution in [0.3, 0.4) is 0 Å². The lowest BCUT2D eigenvalue weighted by Crippen LogP contribution is -2.36. The second-order valence-corrected chi connectivity index (χ2v) is 9.61. The zero-order chi connectivity index (χ0) is 21.6. The molecule has 0 N–H and O–H groups in total. The number of anilines is 1. The summed E-state index contributed by atoms with van der Waals surface area (Å²) in [5.41, 5.74) is 4.08. The molecule has 0 atom stereocenters. The number of aliphatic imine (C=N–C) groups is 1. The molecule has 4 rings (SSSR count). The molecule has 0 unspecified atom stereocenters. The van der Waals surface area contributed by atoms with Gasteiger partial charge in [0, 0.05) is 28.6 Å². The van der Waals surface area contributed by atoms with E-state index in [4.69, 9.17) is 21.1 Å². The van der Waals surface area contributed by atoms with E-state index in [1.54, 1.807) is 0 Å². The van der Waals surface area contributed by atoms with Crippen LogP contribution in [0.5, 0.6) is 5.75 Å². The number of rotatable bonds is 6. The number of ether oxygens (including phenoxy) is 2. The standard InChI is InChI=1S/C24H21BrClIN2O2/c25-22-13-18(14-23(26)24(22)31-16-17-1-3-19(27)4-2-17)15-28-20-5-7-21(8-6-20)29-9-11-30-12-10-29/h1-8,13-15H,9-12,16H2. The third kappa shape index (κ3) is 6.22. The summed E-state index contributed by atoms with van der Waals surface area (Å²) in [6, 6.07) is 20.3. The van der Waals surface area contributed by atoms with Gasteiger partial charge in [0.1, 0.15) is 6.61 Å². The van der Waals surface area contributed by atoms with Gasteiger partial charge in [-0.05, 0) is 98.2 Å². The molecule has 0 amide bonds. The van der Waals surface area contributed by atoms with E-state index in [9.17, 15) is 0 Å². The molecule has 0 bridgehead atoms. The van der Waals surface area contributed by atoms with Gasteiger partial charge in [-0.3, -0.25) is 4.99 Å². The van der Waals surface area contributed by atoms with E-state index in [2.05, 4.69) is 84.8 Å². The van der Waals surface area contributed by atoms with Crippen molar-refractivity contribution in [2.75, 3.05) is 31.2 Å². The smallest absolute Gasteiger partial charge is 0.152 e. The van der Waals surface area contributed by atoms with E-state index in [1.807, 2.05) is 30.5 Å².